The molecular weight excluding hydrogens is 311 g/mol. The van der Waals surface area contributed by atoms with Crippen molar-refractivity contribution in [3.63, 3.8) is 0 Å². The molecular formula is C17H21FN4O2. The number of nitrogens with zero attached hydrogens (tertiary/aromatic N) is 2. The third-order valence-corrected chi connectivity index (χ3v) is 3.83. The van der Waals surface area contributed by atoms with Gasteiger partial charge in [0, 0.05) is 24.3 Å². The standard InChI is InChI=1S/C17H21FN4O2/c1-5-22-12(4)13(11(3)21-22)9-19-16(23)17(24)20-15-8-10(2)6-7-14(15)18/h6-8H,5,9H2,1-4H3,(H,19,23)(H,20,24). The van der Waals surface area contributed by atoms with E-state index in [4.69, 9.17) is 0 Å². The highest BCUT2D eigenvalue weighted by atomic mass is 19.1. The number of carbonyl (C=O) groups excluding carboxylic acids is 2. The summed E-state index contributed by atoms with van der Waals surface area (Å²) < 4.78 is 15.5. The number of anilines is 1. The van der Waals surface area contributed by atoms with Crippen molar-refractivity contribution in [1.82, 2.24) is 15.1 Å². The van der Waals surface area contributed by atoms with Crippen LogP contribution in [0.1, 0.15) is 29.4 Å². The molecule has 2 N–H and O–H groups in total. The summed E-state index contributed by atoms with van der Waals surface area (Å²) in [6, 6.07) is 4.30. The van der Waals surface area contributed by atoms with Gasteiger partial charge in [-0.1, -0.05) is 6.07 Å². The summed E-state index contributed by atoms with van der Waals surface area (Å²) in [4.78, 5) is 23.9. The summed E-state index contributed by atoms with van der Waals surface area (Å²) in [5, 5.41) is 9.19. The van der Waals surface area contributed by atoms with Crippen molar-refractivity contribution in [3.8, 4) is 0 Å². The molecule has 6 nitrogen and oxygen atoms in total. The van der Waals surface area contributed by atoms with Gasteiger partial charge in [-0.3, -0.25) is 14.3 Å². The summed E-state index contributed by atoms with van der Waals surface area (Å²) in [6.45, 7) is 8.43. The van der Waals surface area contributed by atoms with Crippen LogP contribution in [0.3, 0.4) is 0 Å². The second kappa shape index (κ2) is 7.25. The first-order valence-corrected chi connectivity index (χ1v) is 7.71. The summed E-state index contributed by atoms with van der Waals surface area (Å²) in [7, 11) is 0. The van der Waals surface area contributed by atoms with Gasteiger partial charge >= 0.3 is 11.8 Å². The van der Waals surface area contributed by atoms with E-state index in [-0.39, 0.29) is 12.2 Å². The topological polar surface area (TPSA) is 76.0 Å². The van der Waals surface area contributed by atoms with Crippen molar-refractivity contribution in [2.45, 2.75) is 40.8 Å². The van der Waals surface area contributed by atoms with E-state index in [1.54, 1.807) is 13.0 Å². The highest BCUT2D eigenvalue weighted by Crippen LogP contribution is 2.16. The molecule has 2 aromatic rings. The van der Waals surface area contributed by atoms with Crippen molar-refractivity contribution >= 4 is 17.5 Å². The van der Waals surface area contributed by atoms with Crippen molar-refractivity contribution in [2.75, 3.05) is 5.32 Å². The zero-order chi connectivity index (χ0) is 17.9. The molecule has 7 heteroatoms. The minimum Gasteiger partial charge on any atom is -0.344 e. The molecule has 0 saturated heterocycles. The number of halogens is 1. The molecule has 2 amide bonds. The van der Waals surface area contributed by atoms with Crippen LogP contribution in [-0.2, 0) is 22.7 Å². The second-order valence-corrected chi connectivity index (χ2v) is 5.59. The number of amides is 2. The van der Waals surface area contributed by atoms with Gasteiger partial charge in [-0.2, -0.15) is 5.10 Å². The molecule has 0 aliphatic heterocycles. The minimum absolute atomic E-state index is 0.0127. The lowest BCUT2D eigenvalue weighted by molar-refractivity contribution is -0.136. The normalized spacial score (nSPS) is 10.5. The van der Waals surface area contributed by atoms with E-state index in [0.29, 0.717) is 0 Å². The lowest BCUT2D eigenvalue weighted by Gasteiger charge is -2.08. The highest BCUT2D eigenvalue weighted by molar-refractivity contribution is 6.39. The molecule has 24 heavy (non-hydrogen) atoms. The fourth-order valence-corrected chi connectivity index (χ4v) is 2.46. The molecule has 0 aliphatic carbocycles. The molecule has 2 rings (SSSR count). The third-order valence-electron chi connectivity index (χ3n) is 3.83. The Bertz CT molecular complexity index is 783. The summed E-state index contributed by atoms with van der Waals surface area (Å²) in [6.07, 6.45) is 0. The van der Waals surface area contributed by atoms with E-state index < -0.39 is 17.6 Å². The molecule has 1 aromatic carbocycles. The summed E-state index contributed by atoms with van der Waals surface area (Å²) in [5.41, 5.74) is 3.40. The van der Waals surface area contributed by atoms with E-state index in [0.717, 1.165) is 29.1 Å². The predicted molar refractivity (Wildman–Crippen MR) is 89.0 cm³/mol. The maximum absolute atomic E-state index is 13.6. The number of rotatable bonds is 4. The highest BCUT2D eigenvalue weighted by Gasteiger charge is 2.17. The molecule has 0 saturated carbocycles. The maximum atomic E-state index is 13.6. The Balaban J connectivity index is 2.01. The average molecular weight is 332 g/mol. The van der Waals surface area contributed by atoms with Crippen molar-refractivity contribution in [3.05, 3.63) is 46.5 Å². The van der Waals surface area contributed by atoms with Crippen LogP contribution >= 0.6 is 0 Å². The molecule has 0 bridgehead atoms. The van der Waals surface area contributed by atoms with Crippen LogP contribution in [0, 0.1) is 26.6 Å². The van der Waals surface area contributed by atoms with Gasteiger partial charge in [-0.25, -0.2) is 4.39 Å². The van der Waals surface area contributed by atoms with Crippen molar-refractivity contribution in [1.29, 1.82) is 0 Å². The van der Waals surface area contributed by atoms with Gasteiger partial charge in [-0.15, -0.1) is 0 Å². The molecule has 0 spiro atoms. The van der Waals surface area contributed by atoms with Crippen LogP contribution in [0.25, 0.3) is 0 Å². The van der Waals surface area contributed by atoms with Gasteiger partial charge in [0.15, 0.2) is 0 Å². The SMILES string of the molecule is CCn1nc(C)c(CNC(=O)C(=O)Nc2cc(C)ccc2F)c1C. The van der Waals surface area contributed by atoms with Crippen LogP contribution < -0.4 is 10.6 Å². The third kappa shape index (κ3) is 3.79. The van der Waals surface area contributed by atoms with Crippen LogP contribution in [0.5, 0.6) is 0 Å². The smallest absolute Gasteiger partial charge is 0.313 e. The first kappa shape index (κ1) is 17.7. The molecule has 1 heterocycles. The zero-order valence-corrected chi connectivity index (χ0v) is 14.2. The van der Waals surface area contributed by atoms with Crippen LogP contribution in [0.15, 0.2) is 18.2 Å². The van der Waals surface area contributed by atoms with Crippen LogP contribution in [0.2, 0.25) is 0 Å². The molecule has 0 fully saturated rings. The number of benzene rings is 1. The summed E-state index contributed by atoms with van der Waals surface area (Å²) in [5.74, 6) is -2.31. The van der Waals surface area contributed by atoms with Gasteiger partial charge in [0.25, 0.3) is 0 Å². The van der Waals surface area contributed by atoms with Crippen molar-refractivity contribution < 1.29 is 14.0 Å². The zero-order valence-electron chi connectivity index (χ0n) is 14.2. The maximum Gasteiger partial charge on any atom is 0.313 e. The van der Waals surface area contributed by atoms with E-state index in [1.807, 2.05) is 25.5 Å². The molecule has 128 valence electrons. The quantitative estimate of drug-likeness (QED) is 0.843. The van der Waals surface area contributed by atoms with Crippen LogP contribution in [-0.4, -0.2) is 21.6 Å². The summed E-state index contributed by atoms with van der Waals surface area (Å²) >= 11 is 0. The van der Waals surface area contributed by atoms with E-state index in [9.17, 15) is 14.0 Å². The minimum atomic E-state index is -0.905. The van der Waals surface area contributed by atoms with Gasteiger partial charge in [0.1, 0.15) is 5.82 Å². The lowest BCUT2D eigenvalue weighted by Crippen LogP contribution is -2.35. The average Bonchev–Trinajstić information content (AvgIpc) is 2.82. The van der Waals surface area contributed by atoms with Gasteiger partial charge in [0.2, 0.25) is 0 Å². The van der Waals surface area contributed by atoms with Gasteiger partial charge in [0.05, 0.1) is 11.4 Å². The van der Waals surface area contributed by atoms with Crippen LogP contribution in [0.4, 0.5) is 10.1 Å². The number of carbonyl (C=O) groups is 2. The molecule has 0 unspecified atom stereocenters. The van der Waals surface area contributed by atoms with E-state index in [1.165, 1.54) is 12.1 Å². The Morgan fingerprint density at radius 2 is 1.92 bits per heavy atom. The van der Waals surface area contributed by atoms with Crippen molar-refractivity contribution in [2.24, 2.45) is 0 Å². The number of aromatic nitrogens is 2. The number of nitrogens with one attached hydrogen (secondary N) is 2. The monoisotopic (exact) mass is 332 g/mol. The first-order valence-electron chi connectivity index (χ1n) is 7.71. The van der Waals surface area contributed by atoms with Gasteiger partial charge < -0.3 is 10.6 Å². The fourth-order valence-electron chi connectivity index (χ4n) is 2.46. The van der Waals surface area contributed by atoms with Gasteiger partial charge in [-0.05, 0) is 45.4 Å². The molecule has 0 aliphatic rings. The van der Waals surface area contributed by atoms with E-state index >= 15 is 0 Å². The Kier molecular flexibility index (Phi) is 5.33. The molecule has 1 aromatic heterocycles. The number of hydrogen-bond acceptors (Lipinski definition) is 3. The second-order valence-electron chi connectivity index (χ2n) is 5.59. The largest absolute Gasteiger partial charge is 0.344 e. The molecule has 0 radical (unpaired) electrons. The number of hydrogen-bond donors (Lipinski definition) is 2. The van der Waals surface area contributed by atoms with E-state index in [2.05, 4.69) is 15.7 Å². The number of aryl methyl sites for hydroxylation is 3. The fraction of sp³-hybridized carbons (Fsp3) is 0.353. The lowest BCUT2D eigenvalue weighted by atomic mass is 10.2. The predicted octanol–water partition coefficient (Wildman–Crippen LogP) is 2.22. The Labute approximate surface area is 140 Å². The molecule has 0 atom stereocenters. The Morgan fingerprint density at radius 1 is 1.21 bits per heavy atom. The first-order chi connectivity index (χ1) is 11.3. The Hall–Kier alpha value is -2.70. The Morgan fingerprint density at radius 3 is 2.54 bits per heavy atom.